The van der Waals surface area contributed by atoms with Gasteiger partial charge in [0.15, 0.2) is 0 Å². The van der Waals surface area contributed by atoms with Crippen LogP contribution < -0.4 is 5.73 Å². The molecule has 1 aliphatic carbocycles. The number of carbonyl (C=O) groups is 2. The van der Waals surface area contributed by atoms with E-state index >= 15 is 0 Å². The summed E-state index contributed by atoms with van der Waals surface area (Å²) in [5.74, 6) is -1.74. The van der Waals surface area contributed by atoms with Gasteiger partial charge in [-0.15, -0.1) is 0 Å². The SMILES string of the molecule is NCCCC[C@@H](C(=O)O)N(C(=O)OCC1c2ccccc2-c2ccccc21)S(=O)(=O)c1ccc(I)cc1. The lowest BCUT2D eigenvalue weighted by atomic mass is 9.98. The van der Waals surface area contributed by atoms with Crippen LogP contribution >= 0.6 is 22.6 Å². The van der Waals surface area contributed by atoms with E-state index < -0.39 is 28.1 Å². The largest absolute Gasteiger partial charge is 0.480 e. The number of benzene rings is 3. The van der Waals surface area contributed by atoms with Crippen molar-refractivity contribution in [2.75, 3.05) is 13.2 Å². The summed E-state index contributed by atoms with van der Waals surface area (Å²) in [7, 11) is -4.52. The number of halogens is 1. The van der Waals surface area contributed by atoms with E-state index in [1.807, 2.05) is 71.1 Å². The van der Waals surface area contributed by atoms with Gasteiger partial charge in [-0.05, 0) is 94.9 Å². The molecule has 0 radical (unpaired) electrons. The van der Waals surface area contributed by atoms with Gasteiger partial charge in [0.05, 0.1) is 4.90 Å². The number of sulfonamides is 1. The summed E-state index contributed by atoms with van der Waals surface area (Å²) in [5.41, 5.74) is 9.50. The molecular formula is C27H27IN2O6S. The van der Waals surface area contributed by atoms with Gasteiger partial charge in [-0.1, -0.05) is 48.5 Å². The van der Waals surface area contributed by atoms with E-state index in [2.05, 4.69) is 0 Å². The van der Waals surface area contributed by atoms with Crippen molar-refractivity contribution in [1.82, 2.24) is 4.31 Å². The van der Waals surface area contributed by atoms with Gasteiger partial charge in [0.25, 0.3) is 10.0 Å². The standard InChI is InChI=1S/C27H27IN2O6S/c28-18-12-14-19(15-13-18)37(34,35)30(25(26(31)32)11-5-6-16-29)27(33)36-17-24-22-9-3-1-7-20(22)21-8-2-4-10-23(21)24/h1-4,7-10,12-15,24-25H,5-6,11,16-17,29H2,(H,31,32)/t25-/m0/s1. The minimum atomic E-state index is -4.52. The number of ether oxygens (including phenoxy) is 1. The molecule has 194 valence electrons. The molecule has 1 amide bonds. The van der Waals surface area contributed by atoms with Crippen LogP contribution in [0.15, 0.2) is 77.7 Å². The molecule has 0 saturated carbocycles. The Hall–Kier alpha value is -2.96. The van der Waals surface area contributed by atoms with Crippen LogP contribution in [0.25, 0.3) is 11.1 Å². The molecule has 0 heterocycles. The molecule has 1 aliphatic rings. The van der Waals surface area contributed by atoms with Gasteiger partial charge in [-0.2, -0.15) is 4.31 Å². The second kappa shape index (κ2) is 11.6. The molecule has 8 nitrogen and oxygen atoms in total. The summed E-state index contributed by atoms with van der Waals surface area (Å²) in [6.07, 6.45) is -0.477. The Labute approximate surface area is 229 Å². The predicted octanol–water partition coefficient (Wildman–Crippen LogP) is 4.81. The van der Waals surface area contributed by atoms with Crippen molar-refractivity contribution in [1.29, 1.82) is 0 Å². The van der Waals surface area contributed by atoms with Crippen LogP contribution in [0.4, 0.5) is 4.79 Å². The number of nitrogens with zero attached hydrogens (tertiary/aromatic N) is 1. The molecule has 4 rings (SSSR count). The number of carboxylic acid groups (broad SMARTS) is 1. The number of hydrogen-bond donors (Lipinski definition) is 2. The number of hydrogen-bond acceptors (Lipinski definition) is 6. The highest BCUT2D eigenvalue weighted by Crippen LogP contribution is 2.44. The average molecular weight is 634 g/mol. The molecule has 3 aromatic carbocycles. The third kappa shape index (κ3) is 5.65. The highest BCUT2D eigenvalue weighted by molar-refractivity contribution is 14.1. The fourth-order valence-electron chi connectivity index (χ4n) is 4.59. The molecule has 3 aromatic rings. The molecule has 3 N–H and O–H groups in total. The molecule has 0 aromatic heterocycles. The van der Waals surface area contributed by atoms with E-state index in [1.54, 1.807) is 12.1 Å². The lowest BCUT2D eigenvalue weighted by Gasteiger charge is -2.28. The summed E-state index contributed by atoms with van der Waals surface area (Å²) in [6.45, 7) is 0.182. The van der Waals surface area contributed by atoms with Crippen molar-refractivity contribution < 1.29 is 27.9 Å². The molecule has 0 saturated heterocycles. The first-order chi connectivity index (χ1) is 17.8. The third-order valence-corrected chi connectivity index (χ3v) is 8.89. The fraction of sp³-hybridized carbons (Fsp3) is 0.259. The van der Waals surface area contributed by atoms with E-state index in [9.17, 15) is 23.1 Å². The second-order valence-electron chi connectivity index (χ2n) is 8.70. The fourth-order valence-corrected chi connectivity index (χ4v) is 6.44. The van der Waals surface area contributed by atoms with E-state index in [0.717, 1.165) is 25.8 Å². The van der Waals surface area contributed by atoms with Crippen LogP contribution in [-0.2, 0) is 19.6 Å². The van der Waals surface area contributed by atoms with Crippen LogP contribution in [0.1, 0.15) is 36.3 Å². The lowest BCUT2D eigenvalue weighted by molar-refractivity contribution is -0.141. The molecule has 0 bridgehead atoms. The van der Waals surface area contributed by atoms with Gasteiger partial charge in [0, 0.05) is 9.49 Å². The molecule has 0 spiro atoms. The van der Waals surface area contributed by atoms with Gasteiger partial charge >= 0.3 is 12.1 Å². The topological polar surface area (TPSA) is 127 Å². The van der Waals surface area contributed by atoms with Crippen LogP contribution in [0, 0.1) is 3.57 Å². The Bertz CT molecular complexity index is 1350. The number of carboxylic acids is 1. The second-order valence-corrected chi connectivity index (χ2v) is 11.8. The highest BCUT2D eigenvalue weighted by atomic mass is 127. The minimum Gasteiger partial charge on any atom is -0.480 e. The van der Waals surface area contributed by atoms with Crippen LogP contribution in [0.2, 0.25) is 0 Å². The van der Waals surface area contributed by atoms with E-state index in [0.29, 0.717) is 23.7 Å². The smallest absolute Gasteiger partial charge is 0.424 e. The minimum absolute atomic E-state index is 0.0830. The maximum atomic E-state index is 13.6. The van der Waals surface area contributed by atoms with E-state index in [-0.39, 0.29) is 23.8 Å². The van der Waals surface area contributed by atoms with E-state index in [4.69, 9.17) is 10.5 Å². The number of rotatable bonds is 10. The quantitative estimate of drug-likeness (QED) is 0.242. The van der Waals surface area contributed by atoms with Crippen molar-refractivity contribution in [2.24, 2.45) is 5.73 Å². The average Bonchev–Trinajstić information content (AvgIpc) is 3.20. The Morgan fingerprint density at radius 3 is 2.05 bits per heavy atom. The van der Waals surface area contributed by atoms with Crippen LogP contribution in [0.3, 0.4) is 0 Å². The van der Waals surface area contributed by atoms with Gasteiger partial charge in [-0.3, -0.25) is 0 Å². The molecule has 0 fully saturated rings. The molecule has 0 unspecified atom stereocenters. The number of aliphatic carboxylic acids is 1. The van der Waals surface area contributed by atoms with Crippen molar-refractivity contribution in [3.8, 4) is 11.1 Å². The van der Waals surface area contributed by atoms with Crippen molar-refractivity contribution >= 4 is 44.7 Å². The maximum Gasteiger partial charge on any atom is 0.424 e. The molecular weight excluding hydrogens is 607 g/mol. The number of unbranched alkanes of at least 4 members (excludes halogenated alkanes) is 1. The Morgan fingerprint density at radius 2 is 1.51 bits per heavy atom. The summed E-state index contributed by atoms with van der Waals surface area (Å²) in [5, 5.41) is 9.94. The zero-order valence-electron chi connectivity index (χ0n) is 19.9. The van der Waals surface area contributed by atoms with Gasteiger partial charge in [0.1, 0.15) is 12.6 Å². The molecule has 0 aliphatic heterocycles. The summed E-state index contributed by atoms with van der Waals surface area (Å²) in [6, 6.07) is 19.7. The zero-order valence-corrected chi connectivity index (χ0v) is 22.9. The third-order valence-electron chi connectivity index (χ3n) is 6.39. The molecule has 37 heavy (non-hydrogen) atoms. The van der Waals surface area contributed by atoms with Gasteiger partial charge in [0.2, 0.25) is 0 Å². The van der Waals surface area contributed by atoms with Crippen molar-refractivity contribution in [2.45, 2.75) is 36.1 Å². The summed E-state index contributed by atoms with van der Waals surface area (Å²) in [4.78, 5) is 25.4. The Morgan fingerprint density at radius 1 is 0.946 bits per heavy atom. The number of carbonyl (C=O) groups excluding carboxylic acids is 1. The number of amides is 1. The number of fused-ring (bicyclic) bond motifs is 3. The normalized spacial score (nSPS) is 13.5. The zero-order chi connectivity index (χ0) is 26.6. The first kappa shape index (κ1) is 27.1. The van der Waals surface area contributed by atoms with Crippen molar-refractivity contribution in [3.63, 3.8) is 0 Å². The number of nitrogens with two attached hydrogens (primary N) is 1. The van der Waals surface area contributed by atoms with Crippen LogP contribution in [0.5, 0.6) is 0 Å². The summed E-state index contributed by atoms with van der Waals surface area (Å²) < 4.78 is 33.9. The summed E-state index contributed by atoms with van der Waals surface area (Å²) >= 11 is 2.03. The Kier molecular flexibility index (Phi) is 8.50. The monoisotopic (exact) mass is 634 g/mol. The van der Waals surface area contributed by atoms with E-state index in [1.165, 1.54) is 12.1 Å². The Balaban J connectivity index is 1.66. The first-order valence-electron chi connectivity index (χ1n) is 11.8. The first-order valence-corrected chi connectivity index (χ1v) is 14.4. The molecule has 10 heteroatoms. The lowest BCUT2D eigenvalue weighted by Crippen LogP contribution is -2.49. The predicted molar refractivity (Wildman–Crippen MR) is 148 cm³/mol. The van der Waals surface area contributed by atoms with Crippen LogP contribution in [-0.4, -0.2) is 49.1 Å². The van der Waals surface area contributed by atoms with Crippen molar-refractivity contribution in [3.05, 3.63) is 87.5 Å². The highest BCUT2D eigenvalue weighted by Gasteiger charge is 2.41. The maximum absolute atomic E-state index is 13.6. The van der Waals surface area contributed by atoms with Gasteiger partial charge in [-0.25, -0.2) is 18.0 Å². The van der Waals surface area contributed by atoms with Gasteiger partial charge < -0.3 is 15.6 Å². The molecule has 1 atom stereocenters.